The summed E-state index contributed by atoms with van der Waals surface area (Å²) in [5.41, 5.74) is 0. The average Bonchev–Trinajstić information content (AvgIpc) is 2.70. The number of benzene rings is 2. The molecular formula is C22H30IO4-. The number of halogens is 1. The molecule has 0 aliphatic heterocycles. The van der Waals surface area contributed by atoms with E-state index in [1.54, 1.807) is 14.2 Å². The Balaban J connectivity index is 2.05. The van der Waals surface area contributed by atoms with Gasteiger partial charge in [0.2, 0.25) is 0 Å². The van der Waals surface area contributed by atoms with Gasteiger partial charge < -0.3 is 0 Å². The Morgan fingerprint density at radius 1 is 0.778 bits per heavy atom. The van der Waals surface area contributed by atoms with E-state index in [0.29, 0.717) is 6.61 Å². The average molecular weight is 485 g/mol. The third kappa shape index (κ3) is 6.79. The first-order valence-corrected chi connectivity index (χ1v) is 11.6. The summed E-state index contributed by atoms with van der Waals surface area (Å²) in [6.07, 6.45) is 4.87. The van der Waals surface area contributed by atoms with Crippen LogP contribution >= 0.6 is 0 Å². The van der Waals surface area contributed by atoms with E-state index >= 15 is 0 Å². The summed E-state index contributed by atoms with van der Waals surface area (Å²) in [7, 11) is 3.38. The molecule has 0 aliphatic carbocycles. The maximum atomic E-state index is 5.84. The van der Waals surface area contributed by atoms with Gasteiger partial charge in [0.25, 0.3) is 0 Å². The minimum absolute atomic E-state index is 0.446. The first kappa shape index (κ1) is 21.7. The van der Waals surface area contributed by atoms with Gasteiger partial charge in [0.05, 0.1) is 0 Å². The minimum atomic E-state index is -0.446. The molecule has 0 N–H and O–H groups in total. The molecule has 0 bridgehead atoms. The summed E-state index contributed by atoms with van der Waals surface area (Å²) >= 11 is -0.446. The summed E-state index contributed by atoms with van der Waals surface area (Å²) in [5.74, 6) is 3.35. The van der Waals surface area contributed by atoms with E-state index in [1.807, 2.05) is 19.1 Å². The van der Waals surface area contributed by atoms with Crippen LogP contribution in [0.4, 0.5) is 0 Å². The Bertz CT molecular complexity index is 660. The summed E-state index contributed by atoms with van der Waals surface area (Å²) in [5, 5.41) is 0. The quantitative estimate of drug-likeness (QED) is 0.341. The van der Waals surface area contributed by atoms with E-state index in [4.69, 9.17) is 18.9 Å². The molecule has 0 fully saturated rings. The van der Waals surface area contributed by atoms with Crippen LogP contribution in [0.1, 0.15) is 39.5 Å². The first-order chi connectivity index (χ1) is 13.2. The molecule has 0 amide bonds. The SMILES string of the molecule is CCCCCCOc1ccc([I-]c2c(OC)cc(OCC)cc2OC)cc1. The standard InChI is InChI=1S/C22H30IO4/c1-5-7-8-9-14-27-18-12-10-17(11-13-18)23-22-20(24-3)15-19(26-6-2)16-21(22)25-4/h10-13,15-16H,5-9,14H2,1-4H3/q-1. The molecule has 5 heteroatoms. The van der Waals surface area contributed by atoms with Crippen molar-refractivity contribution < 1.29 is 40.2 Å². The zero-order valence-corrected chi connectivity index (χ0v) is 18.9. The van der Waals surface area contributed by atoms with Crippen molar-refractivity contribution in [2.45, 2.75) is 39.5 Å². The van der Waals surface area contributed by atoms with Crippen molar-refractivity contribution >= 4 is 0 Å². The van der Waals surface area contributed by atoms with Crippen molar-refractivity contribution in [3.8, 4) is 23.0 Å². The third-order valence-electron chi connectivity index (χ3n) is 4.01. The van der Waals surface area contributed by atoms with E-state index < -0.39 is 21.2 Å². The molecule has 0 saturated heterocycles. The molecule has 2 aromatic rings. The van der Waals surface area contributed by atoms with E-state index in [-0.39, 0.29) is 0 Å². The van der Waals surface area contributed by atoms with Crippen molar-refractivity contribution in [2.24, 2.45) is 0 Å². The van der Waals surface area contributed by atoms with E-state index in [9.17, 15) is 0 Å². The second-order valence-corrected chi connectivity index (χ2v) is 8.90. The van der Waals surface area contributed by atoms with Gasteiger partial charge in [-0.2, -0.15) is 0 Å². The molecule has 2 rings (SSSR count). The Kier molecular flexibility index (Phi) is 9.59. The Labute approximate surface area is 173 Å². The number of rotatable bonds is 12. The van der Waals surface area contributed by atoms with Gasteiger partial charge in [0.15, 0.2) is 0 Å². The van der Waals surface area contributed by atoms with Crippen molar-refractivity contribution in [1.29, 1.82) is 0 Å². The second-order valence-electron chi connectivity index (χ2n) is 6.03. The molecule has 0 atom stereocenters. The molecule has 0 saturated carbocycles. The number of hydrogen-bond donors (Lipinski definition) is 0. The molecule has 0 heterocycles. The van der Waals surface area contributed by atoms with Crippen LogP contribution in [-0.2, 0) is 0 Å². The van der Waals surface area contributed by atoms with Gasteiger partial charge in [-0.05, 0) is 0 Å². The van der Waals surface area contributed by atoms with Crippen LogP contribution in [0.2, 0.25) is 0 Å². The van der Waals surface area contributed by atoms with Crippen LogP contribution in [0.15, 0.2) is 36.4 Å². The number of ether oxygens (including phenoxy) is 4. The van der Waals surface area contributed by atoms with Crippen LogP contribution in [0.5, 0.6) is 23.0 Å². The monoisotopic (exact) mass is 485 g/mol. The van der Waals surface area contributed by atoms with Gasteiger partial charge in [-0.1, -0.05) is 0 Å². The van der Waals surface area contributed by atoms with Crippen LogP contribution in [0, 0.1) is 7.14 Å². The number of methoxy groups -OCH3 is 2. The van der Waals surface area contributed by atoms with Crippen LogP contribution < -0.4 is 40.2 Å². The van der Waals surface area contributed by atoms with Gasteiger partial charge in [0.1, 0.15) is 0 Å². The molecule has 150 valence electrons. The summed E-state index contributed by atoms with van der Waals surface area (Å²) in [6, 6.07) is 12.3. The van der Waals surface area contributed by atoms with Gasteiger partial charge in [-0.3, -0.25) is 0 Å². The number of hydrogen-bond acceptors (Lipinski definition) is 4. The molecule has 2 aromatic carbocycles. The summed E-state index contributed by atoms with van der Waals surface area (Å²) in [4.78, 5) is 0. The Morgan fingerprint density at radius 2 is 1.44 bits per heavy atom. The molecule has 0 radical (unpaired) electrons. The van der Waals surface area contributed by atoms with Gasteiger partial charge in [0, 0.05) is 0 Å². The van der Waals surface area contributed by atoms with Crippen molar-refractivity contribution in [2.75, 3.05) is 27.4 Å². The van der Waals surface area contributed by atoms with Gasteiger partial charge in [-0.15, -0.1) is 0 Å². The van der Waals surface area contributed by atoms with Crippen LogP contribution in [0.3, 0.4) is 0 Å². The molecule has 0 spiro atoms. The zero-order valence-electron chi connectivity index (χ0n) is 16.7. The van der Waals surface area contributed by atoms with Crippen molar-refractivity contribution in [3.63, 3.8) is 0 Å². The predicted molar refractivity (Wildman–Crippen MR) is 104 cm³/mol. The van der Waals surface area contributed by atoms with Crippen LogP contribution in [-0.4, -0.2) is 27.4 Å². The topological polar surface area (TPSA) is 36.9 Å². The normalized spacial score (nSPS) is 10.7. The zero-order chi connectivity index (χ0) is 19.5. The summed E-state index contributed by atoms with van der Waals surface area (Å²) in [6.45, 7) is 5.58. The fourth-order valence-electron chi connectivity index (χ4n) is 2.61. The molecular weight excluding hydrogens is 455 g/mol. The molecule has 4 nitrogen and oxygen atoms in total. The van der Waals surface area contributed by atoms with E-state index in [0.717, 1.165) is 39.6 Å². The molecule has 0 aliphatic rings. The molecule has 0 unspecified atom stereocenters. The first-order valence-electron chi connectivity index (χ1n) is 9.48. The van der Waals surface area contributed by atoms with Gasteiger partial charge in [-0.25, -0.2) is 0 Å². The molecule has 27 heavy (non-hydrogen) atoms. The van der Waals surface area contributed by atoms with Gasteiger partial charge >= 0.3 is 174 Å². The van der Waals surface area contributed by atoms with Crippen LogP contribution in [0.25, 0.3) is 0 Å². The third-order valence-corrected chi connectivity index (χ3v) is 6.96. The maximum absolute atomic E-state index is 5.84. The second kappa shape index (κ2) is 12.0. The fraction of sp³-hybridized carbons (Fsp3) is 0.455. The Morgan fingerprint density at radius 3 is 2.00 bits per heavy atom. The van der Waals surface area contributed by atoms with E-state index in [1.165, 1.54) is 22.8 Å². The molecule has 0 aromatic heterocycles. The summed E-state index contributed by atoms with van der Waals surface area (Å²) < 4.78 is 25.0. The Hall–Kier alpha value is -1.63. The fourth-order valence-corrected chi connectivity index (χ4v) is 5.24. The van der Waals surface area contributed by atoms with E-state index in [2.05, 4.69) is 31.2 Å². The predicted octanol–water partition coefficient (Wildman–Crippen LogP) is 2.19. The van der Waals surface area contributed by atoms with Crippen molar-refractivity contribution in [3.05, 3.63) is 43.5 Å². The van der Waals surface area contributed by atoms with Crippen molar-refractivity contribution in [1.82, 2.24) is 0 Å². The number of unbranched alkanes of at least 4 members (excludes halogenated alkanes) is 3.